The van der Waals surface area contributed by atoms with Gasteiger partial charge in [0.05, 0.1) is 6.54 Å². The summed E-state index contributed by atoms with van der Waals surface area (Å²) >= 11 is -2.84. The zero-order valence-corrected chi connectivity index (χ0v) is 15.5. The summed E-state index contributed by atoms with van der Waals surface area (Å²) in [6.45, 7) is 2.72. The Kier molecular flexibility index (Phi) is 6.56. The minimum absolute atomic E-state index is 0.0447. The van der Waals surface area contributed by atoms with E-state index in [1.165, 1.54) is 10.4 Å². The van der Waals surface area contributed by atoms with E-state index in [1.54, 1.807) is 31.2 Å². The van der Waals surface area contributed by atoms with Crippen LogP contribution in [0.15, 0.2) is 24.3 Å². The van der Waals surface area contributed by atoms with E-state index in [0.29, 0.717) is 11.3 Å². The number of hydrogen-bond acceptors (Lipinski definition) is 7. The summed E-state index contributed by atoms with van der Waals surface area (Å²) in [6.07, 6.45) is -2.59. The third kappa shape index (κ3) is 4.84. The van der Waals surface area contributed by atoms with Crippen LogP contribution in [0.5, 0.6) is 0 Å². The van der Waals surface area contributed by atoms with Gasteiger partial charge in [0.15, 0.2) is 0 Å². The van der Waals surface area contributed by atoms with Gasteiger partial charge in [-0.25, -0.2) is 10.3 Å². The van der Waals surface area contributed by atoms with Gasteiger partial charge in [0.1, 0.15) is 17.0 Å². The number of benzene rings is 1. The minimum Gasteiger partial charge on any atom is -0.772 e. The number of amides is 2. The van der Waals surface area contributed by atoms with Gasteiger partial charge in [-0.05, 0) is 49.2 Å². The Balaban J connectivity index is 2.12. The third-order valence-corrected chi connectivity index (χ3v) is 5.13. The Morgan fingerprint density at radius 3 is 2.67 bits per heavy atom. The van der Waals surface area contributed by atoms with Crippen LogP contribution in [0.1, 0.15) is 25.8 Å². The summed E-state index contributed by atoms with van der Waals surface area (Å²) in [5, 5.41) is 17.9. The van der Waals surface area contributed by atoms with E-state index < -0.39 is 40.0 Å². The fourth-order valence-corrected chi connectivity index (χ4v) is 3.06. The number of carbonyl (C=O) groups is 2. The highest BCUT2D eigenvalue weighted by atomic mass is 32.2. The van der Waals surface area contributed by atoms with Gasteiger partial charge in [-0.1, -0.05) is 11.8 Å². The number of aliphatic hydroxyl groups excluding tert-OH is 1. The molecule has 10 heteroatoms. The van der Waals surface area contributed by atoms with Crippen molar-refractivity contribution in [1.29, 1.82) is 0 Å². The van der Waals surface area contributed by atoms with Gasteiger partial charge in [0, 0.05) is 17.7 Å². The molecule has 1 saturated heterocycles. The van der Waals surface area contributed by atoms with E-state index in [0.717, 1.165) is 6.92 Å². The highest BCUT2D eigenvalue weighted by Crippen LogP contribution is 2.28. The van der Waals surface area contributed by atoms with Crippen LogP contribution in [-0.4, -0.2) is 54.6 Å². The number of nitrogens with zero attached hydrogens (tertiary/aromatic N) is 1. The van der Waals surface area contributed by atoms with Crippen molar-refractivity contribution >= 4 is 28.8 Å². The third-order valence-electron chi connectivity index (χ3n) is 4.05. The number of cyclic esters (lactones) is 1. The van der Waals surface area contributed by atoms with Crippen molar-refractivity contribution in [2.24, 2.45) is 0 Å². The van der Waals surface area contributed by atoms with Gasteiger partial charge in [-0.15, -0.1) is 0 Å². The lowest BCUT2D eigenvalue weighted by Crippen LogP contribution is -2.49. The van der Waals surface area contributed by atoms with Crippen LogP contribution in [0.25, 0.3) is 0 Å². The van der Waals surface area contributed by atoms with Gasteiger partial charge in [-0.2, -0.15) is 0 Å². The van der Waals surface area contributed by atoms with Crippen LogP contribution < -0.4 is 10.4 Å². The first-order chi connectivity index (χ1) is 12.7. The lowest BCUT2D eigenvalue weighted by atomic mass is 10.0. The summed E-state index contributed by atoms with van der Waals surface area (Å²) in [5.74, 6) is 4.27. The minimum atomic E-state index is -2.84. The second-order valence-electron chi connectivity index (χ2n) is 6.22. The molecule has 1 fully saturated rings. The molecule has 1 aromatic rings. The molecule has 1 aliphatic rings. The molecule has 0 aliphatic carbocycles. The average molecular weight is 395 g/mol. The SMILES string of the molecule is CC(O)C#Cc1ccc(N2CC(CC(C)(C(=O)NO)S(=O)[O-])OC2=O)cc1. The van der Waals surface area contributed by atoms with Crippen molar-refractivity contribution in [3.05, 3.63) is 29.8 Å². The van der Waals surface area contributed by atoms with E-state index in [4.69, 9.17) is 15.1 Å². The van der Waals surface area contributed by atoms with Crippen molar-refractivity contribution in [3.63, 3.8) is 0 Å². The van der Waals surface area contributed by atoms with Crippen LogP contribution >= 0.6 is 0 Å². The Hall–Kier alpha value is -2.45. The molecule has 1 heterocycles. The number of rotatable bonds is 5. The van der Waals surface area contributed by atoms with E-state index in [-0.39, 0.29) is 13.0 Å². The van der Waals surface area contributed by atoms with Crippen LogP contribution in [0.4, 0.5) is 10.5 Å². The number of hydrogen-bond donors (Lipinski definition) is 3. The largest absolute Gasteiger partial charge is 0.772 e. The summed E-state index contributed by atoms with van der Waals surface area (Å²) in [5.41, 5.74) is 2.49. The molecule has 0 saturated carbocycles. The van der Waals surface area contributed by atoms with E-state index in [1.807, 2.05) is 0 Å². The number of hydroxylamine groups is 1. The summed E-state index contributed by atoms with van der Waals surface area (Å²) in [4.78, 5) is 25.1. The maximum absolute atomic E-state index is 12.1. The number of ether oxygens (including phenoxy) is 1. The molecule has 2 amide bonds. The molecular weight excluding hydrogens is 376 g/mol. The Bertz CT molecular complexity index is 800. The highest BCUT2D eigenvalue weighted by Gasteiger charge is 2.42. The number of nitrogens with one attached hydrogen (secondary N) is 1. The Morgan fingerprint density at radius 1 is 1.52 bits per heavy atom. The number of aliphatic hydroxyl groups is 1. The standard InChI is InChI=1S/C17H20N2O7S/c1-11(20)3-4-12-5-7-13(8-6-12)19-10-14(26-16(19)22)9-17(2,27(24)25)15(21)18-23/h5-8,11,14,20,23H,9-10H2,1-2H3,(H,18,21)(H,24,25)/p-1. The molecule has 0 bridgehead atoms. The second kappa shape index (κ2) is 8.49. The summed E-state index contributed by atoms with van der Waals surface area (Å²) in [6, 6.07) is 6.62. The first kappa shape index (κ1) is 20.9. The van der Waals surface area contributed by atoms with Crippen molar-refractivity contribution in [1.82, 2.24) is 5.48 Å². The van der Waals surface area contributed by atoms with Gasteiger partial charge in [-0.3, -0.25) is 19.1 Å². The van der Waals surface area contributed by atoms with Crippen LogP contribution in [0, 0.1) is 11.8 Å². The fourth-order valence-electron chi connectivity index (χ4n) is 2.54. The average Bonchev–Trinajstić information content (AvgIpc) is 2.99. The Labute approximate surface area is 158 Å². The van der Waals surface area contributed by atoms with Crippen molar-refractivity contribution in [2.45, 2.75) is 37.2 Å². The molecule has 4 atom stereocenters. The summed E-state index contributed by atoms with van der Waals surface area (Å²) in [7, 11) is 0. The quantitative estimate of drug-likeness (QED) is 0.282. The molecule has 1 aromatic carbocycles. The molecule has 0 spiro atoms. The molecule has 27 heavy (non-hydrogen) atoms. The second-order valence-corrected chi connectivity index (χ2v) is 7.59. The van der Waals surface area contributed by atoms with Crippen LogP contribution in [-0.2, 0) is 20.6 Å². The van der Waals surface area contributed by atoms with E-state index in [9.17, 15) is 18.4 Å². The zero-order chi connectivity index (χ0) is 20.2. The molecule has 1 aliphatic heterocycles. The number of carbonyl (C=O) groups excluding carboxylic acids is 2. The van der Waals surface area contributed by atoms with Crippen molar-refractivity contribution in [2.75, 3.05) is 11.4 Å². The topological polar surface area (TPSA) is 139 Å². The lowest BCUT2D eigenvalue weighted by molar-refractivity contribution is -0.132. The molecule has 9 nitrogen and oxygen atoms in total. The predicted molar refractivity (Wildman–Crippen MR) is 94.5 cm³/mol. The Morgan fingerprint density at radius 2 is 2.15 bits per heavy atom. The fraction of sp³-hybridized carbons (Fsp3) is 0.412. The zero-order valence-electron chi connectivity index (χ0n) is 14.7. The molecule has 0 aromatic heterocycles. The van der Waals surface area contributed by atoms with Gasteiger partial charge in [0.2, 0.25) is 0 Å². The van der Waals surface area contributed by atoms with Gasteiger partial charge < -0.3 is 14.4 Å². The van der Waals surface area contributed by atoms with Gasteiger partial charge in [0.25, 0.3) is 5.91 Å². The number of anilines is 1. The maximum atomic E-state index is 12.1. The molecule has 3 N–H and O–H groups in total. The van der Waals surface area contributed by atoms with Crippen molar-refractivity contribution < 1.29 is 33.4 Å². The van der Waals surface area contributed by atoms with E-state index >= 15 is 0 Å². The first-order valence-electron chi connectivity index (χ1n) is 7.99. The molecular formula is C17H19N2O7S-. The van der Waals surface area contributed by atoms with Crippen molar-refractivity contribution in [3.8, 4) is 11.8 Å². The highest BCUT2D eigenvalue weighted by molar-refractivity contribution is 7.81. The predicted octanol–water partition coefficient (Wildman–Crippen LogP) is 0.277. The normalized spacial score (nSPS) is 20.7. The van der Waals surface area contributed by atoms with Crippen LogP contribution in [0.3, 0.4) is 0 Å². The summed E-state index contributed by atoms with van der Waals surface area (Å²) < 4.78 is 26.1. The smallest absolute Gasteiger partial charge is 0.414 e. The van der Waals surface area contributed by atoms with Gasteiger partial charge >= 0.3 is 6.09 Å². The molecule has 4 unspecified atom stereocenters. The van der Waals surface area contributed by atoms with Crippen LogP contribution in [0.2, 0.25) is 0 Å². The maximum Gasteiger partial charge on any atom is 0.414 e. The molecule has 146 valence electrons. The van der Waals surface area contributed by atoms with E-state index in [2.05, 4.69) is 11.8 Å². The monoisotopic (exact) mass is 395 g/mol. The molecule has 0 radical (unpaired) electrons. The molecule has 2 rings (SSSR count). The lowest BCUT2D eigenvalue weighted by Gasteiger charge is -2.30. The first-order valence-corrected chi connectivity index (χ1v) is 9.06.